The van der Waals surface area contributed by atoms with E-state index in [1.54, 1.807) is 7.11 Å². The lowest BCUT2D eigenvalue weighted by molar-refractivity contribution is 0.401. The molecule has 0 radical (unpaired) electrons. The van der Waals surface area contributed by atoms with Crippen LogP contribution in [0.25, 0.3) is 0 Å². The summed E-state index contributed by atoms with van der Waals surface area (Å²) in [4.78, 5) is 0. The van der Waals surface area contributed by atoms with Gasteiger partial charge < -0.3 is 10.5 Å². The van der Waals surface area contributed by atoms with Crippen molar-refractivity contribution in [3.8, 4) is 5.75 Å². The second kappa shape index (κ2) is 4.99. The minimum atomic E-state index is 0.0381. The largest absolute Gasteiger partial charge is 0.496 e. The van der Waals surface area contributed by atoms with Gasteiger partial charge in [0.05, 0.1) is 7.11 Å². The van der Waals surface area contributed by atoms with Crippen LogP contribution in [0.15, 0.2) is 10.5 Å². The van der Waals surface area contributed by atoms with Gasteiger partial charge in [0, 0.05) is 16.1 Å². The minimum Gasteiger partial charge on any atom is -0.496 e. The molecule has 1 rings (SSSR count). The van der Waals surface area contributed by atoms with Crippen molar-refractivity contribution < 1.29 is 4.74 Å². The fourth-order valence-corrected chi connectivity index (χ4v) is 2.35. The Balaban J connectivity index is 3.43. The molecule has 2 nitrogen and oxygen atoms in total. The molecule has 0 aromatic heterocycles. The van der Waals surface area contributed by atoms with E-state index in [-0.39, 0.29) is 6.04 Å². The second-order valence-corrected chi connectivity index (χ2v) is 4.62. The summed E-state index contributed by atoms with van der Waals surface area (Å²) in [5.74, 6) is 0.921. The Morgan fingerprint density at radius 3 is 2.53 bits per heavy atom. The zero-order valence-electron chi connectivity index (χ0n) is 9.73. The molecule has 0 amide bonds. The normalized spacial score (nSPS) is 12.7. The van der Waals surface area contributed by atoms with Gasteiger partial charge in [-0.3, -0.25) is 0 Å². The fraction of sp³-hybridized carbons (Fsp3) is 0.500. The molecule has 1 aromatic carbocycles. The molecule has 0 heterocycles. The smallest absolute Gasteiger partial charge is 0.126 e. The molecule has 0 aliphatic carbocycles. The quantitative estimate of drug-likeness (QED) is 0.914. The van der Waals surface area contributed by atoms with Crippen molar-refractivity contribution >= 4 is 15.9 Å². The molecular formula is C12H18BrNO. The number of hydrogen-bond acceptors (Lipinski definition) is 2. The lowest BCUT2D eigenvalue weighted by Crippen LogP contribution is -2.13. The van der Waals surface area contributed by atoms with Crippen molar-refractivity contribution in [1.29, 1.82) is 0 Å². The van der Waals surface area contributed by atoms with Crippen LogP contribution in [0.4, 0.5) is 0 Å². The first-order valence-corrected chi connectivity index (χ1v) is 5.91. The van der Waals surface area contributed by atoms with Gasteiger partial charge in [0.25, 0.3) is 0 Å². The molecule has 0 bridgehead atoms. The maximum Gasteiger partial charge on any atom is 0.126 e. The first-order chi connectivity index (χ1) is 7.02. The van der Waals surface area contributed by atoms with E-state index in [1.807, 2.05) is 6.92 Å². The van der Waals surface area contributed by atoms with E-state index in [9.17, 15) is 0 Å². The van der Waals surface area contributed by atoms with Crippen LogP contribution in [0.1, 0.15) is 36.1 Å². The zero-order chi connectivity index (χ0) is 11.6. The Kier molecular flexibility index (Phi) is 4.17. The highest BCUT2D eigenvalue weighted by molar-refractivity contribution is 9.10. The maximum atomic E-state index is 6.11. The molecule has 0 saturated heterocycles. The third-order valence-electron chi connectivity index (χ3n) is 2.72. The van der Waals surface area contributed by atoms with Crippen LogP contribution in [0.5, 0.6) is 5.75 Å². The average Bonchev–Trinajstić information content (AvgIpc) is 2.21. The first kappa shape index (κ1) is 12.5. The first-order valence-electron chi connectivity index (χ1n) is 5.12. The van der Waals surface area contributed by atoms with Crippen molar-refractivity contribution in [1.82, 2.24) is 0 Å². The summed E-state index contributed by atoms with van der Waals surface area (Å²) in [6, 6.07) is 2.11. The Labute approximate surface area is 99.9 Å². The molecule has 0 spiro atoms. The van der Waals surface area contributed by atoms with Crippen LogP contribution in [0.3, 0.4) is 0 Å². The summed E-state index contributed by atoms with van der Waals surface area (Å²) in [6.45, 7) is 6.19. The van der Waals surface area contributed by atoms with Crippen molar-refractivity contribution in [3.63, 3.8) is 0 Å². The minimum absolute atomic E-state index is 0.0381. The second-order valence-electron chi connectivity index (χ2n) is 3.76. The molecule has 84 valence electrons. The molecule has 0 aliphatic rings. The molecular weight excluding hydrogens is 254 g/mol. The lowest BCUT2D eigenvalue weighted by atomic mass is 9.96. The van der Waals surface area contributed by atoms with Crippen LogP contribution >= 0.6 is 15.9 Å². The number of methoxy groups -OCH3 is 1. The van der Waals surface area contributed by atoms with Crippen LogP contribution in [0.2, 0.25) is 0 Å². The van der Waals surface area contributed by atoms with Crippen LogP contribution in [0, 0.1) is 13.8 Å². The highest BCUT2D eigenvalue weighted by Gasteiger charge is 2.17. The van der Waals surface area contributed by atoms with Gasteiger partial charge in [0.15, 0.2) is 0 Å². The predicted molar refractivity (Wildman–Crippen MR) is 67.4 cm³/mol. The van der Waals surface area contributed by atoms with Gasteiger partial charge in [-0.2, -0.15) is 0 Å². The summed E-state index contributed by atoms with van der Waals surface area (Å²) < 4.78 is 6.53. The Morgan fingerprint density at radius 2 is 2.07 bits per heavy atom. The van der Waals surface area contributed by atoms with Gasteiger partial charge in [0.1, 0.15) is 5.75 Å². The molecule has 1 aromatic rings. The lowest BCUT2D eigenvalue weighted by Gasteiger charge is -2.20. The van der Waals surface area contributed by atoms with Crippen molar-refractivity contribution in [3.05, 3.63) is 27.2 Å². The molecule has 0 fully saturated rings. The molecule has 1 unspecified atom stereocenters. The Hall–Kier alpha value is -0.540. The molecule has 0 aliphatic heterocycles. The SMILES string of the molecule is CCC(N)c1c(C)c(Br)cc(C)c1OC. The number of ether oxygens (including phenoxy) is 1. The summed E-state index contributed by atoms with van der Waals surface area (Å²) in [6.07, 6.45) is 0.910. The van der Waals surface area contributed by atoms with Gasteiger partial charge in [0.2, 0.25) is 0 Å². The van der Waals surface area contributed by atoms with E-state index in [1.165, 1.54) is 5.56 Å². The third kappa shape index (κ3) is 2.34. The average molecular weight is 272 g/mol. The van der Waals surface area contributed by atoms with E-state index in [2.05, 4.69) is 35.8 Å². The summed E-state index contributed by atoms with van der Waals surface area (Å²) in [7, 11) is 1.70. The van der Waals surface area contributed by atoms with Crippen molar-refractivity contribution in [2.45, 2.75) is 33.2 Å². The fourth-order valence-electron chi connectivity index (χ4n) is 1.80. The Morgan fingerprint density at radius 1 is 1.47 bits per heavy atom. The monoisotopic (exact) mass is 271 g/mol. The van der Waals surface area contributed by atoms with Gasteiger partial charge in [-0.25, -0.2) is 0 Å². The molecule has 2 N–H and O–H groups in total. The van der Waals surface area contributed by atoms with Gasteiger partial charge in [-0.1, -0.05) is 22.9 Å². The predicted octanol–water partition coefficient (Wildman–Crippen LogP) is 3.48. The van der Waals surface area contributed by atoms with E-state index in [0.717, 1.165) is 27.8 Å². The van der Waals surface area contributed by atoms with Crippen LogP contribution < -0.4 is 10.5 Å². The number of rotatable bonds is 3. The molecule has 3 heteroatoms. The van der Waals surface area contributed by atoms with E-state index >= 15 is 0 Å². The third-order valence-corrected chi connectivity index (χ3v) is 3.55. The maximum absolute atomic E-state index is 6.11. The highest BCUT2D eigenvalue weighted by Crippen LogP contribution is 2.36. The van der Waals surface area contributed by atoms with Gasteiger partial charge in [-0.15, -0.1) is 0 Å². The number of nitrogens with two attached hydrogens (primary N) is 1. The zero-order valence-corrected chi connectivity index (χ0v) is 11.3. The number of hydrogen-bond donors (Lipinski definition) is 1. The molecule has 1 atom stereocenters. The van der Waals surface area contributed by atoms with Crippen molar-refractivity contribution in [2.24, 2.45) is 5.73 Å². The Bertz CT molecular complexity index is 363. The molecule has 0 saturated carbocycles. The highest BCUT2D eigenvalue weighted by atomic mass is 79.9. The van der Waals surface area contributed by atoms with E-state index in [0.29, 0.717) is 0 Å². The summed E-state index contributed by atoms with van der Waals surface area (Å²) in [5.41, 5.74) is 9.52. The summed E-state index contributed by atoms with van der Waals surface area (Å²) in [5, 5.41) is 0. The van der Waals surface area contributed by atoms with Gasteiger partial charge in [-0.05, 0) is 37.5 Å². The van der Waals surface area contributed by atoms with E-state index < -0.39 is 0 Å². The number of aryl methyl sites for hydroxylation is 1. The number of halogens is 1. The standard InChI is InChI=1S/C12H18BrNO/c1-5-10(14)11-8(3)9(13)6-7(2)12(11)15-4/h6,10H,5,14H2,1-4H3. The molecule has 15 heavy (non-hydrogen) atoms. The van der Waals surface area contributed by atoms with Gasteiger partial charge >= 0.3 is 0 Å². The topological polar surface area (TPSA) is 35.2 Å². The van der Waals surface area contributed by atoms with Crippen LogP contribution in [-0.4, -0.2) is 7.11 Å². The van der Waals surface area contributed by atoms with Crippen LogP contribution in [-0.2, 0) is 0 Å². The van der Waals surface area contributed by atoms with E-state index in [4.69, 9.17) is 10.5 Å². The number of benzene rings is 1. The van der Waals surface area contributed by atoms with Crippen molar-refractivity contribution in [2.75, 3.05) is 7.11 Å². The summed E-state index contributed by atoms with van der Waals surface area (Å²) >= 11 is 3.55.